The second-order valence-corrected chi connectivity index (χ2v) is 6.32. The minimum Gasteiger partial charge on any atom is -0.344 e. The molecule has 0 fully saturated rings. The third-order valence-electron chi connectivity index (χ3n) is 2.70. The number of hydrogen-bond donors (Lipinski definition) is 1. The van der Waals surface area contributed by atoms with Crippen LogP contribution in [0.1, 0.15) is 58.4 Å². The Morgan fingerprint density at radius 3 is 1.75 bits per heavy atom. The van der Waals surface area contributed by atoms with Crippen LogP contribution in [0.3, 0.4) is 0 Å². The highest BCUT2D eigenvalue weighted by molar-refractivity contribution is 5.39. The van der Waals surface area contributed by atoms with E-state index in [9.17, 15) is 0 Å². The molecular weight excluding hydrogens is 196 g/mol. The lowest BCUT2D eigenvalue weighted by atomic mass is 9.75. The Bertz CT molecular complexity index is 354. The van der Waals surface area contributed by atoms with E-state index in [-0.39, 0.29) is 17.0 Å². The summed E-state index contributed by atoms with van der Waals surface area (Å²) in [4.78, 5) is 4.42. The van der Waals surface area contributed by atoms with Gasteiger partial charge in [-0.3, -0.25) is 4.98 Å². The zero-order valence-corrected chi connectivity index (χ0v) is 11.8. The van der Waals surface area contributed by atoms with E-state index in [0.717, 1.165) is 5.69 Å². The Balaban J connectivity index is 0.00000225. The maximum absolute atomic E-state index is 4.42. The molecule has 3 N–H and O–H groups in total. The van der Waals surface area contributed by atoms with E-state index in [0.29, 0.717) is 0 Å². The first kappa shape index (κ1) is 15.1. The molecule has 0 aliphatic heterocycles. The van der Waals surface area contributed by atoms with Gasteiger partial charge in [-0.25, -0.2) is 0 Å². The van der Waals surface area contributed by atoms with E-state index in [4.69, 9.17) is 0 Å². The second kappa shape index (κ2) is 4.54. The van der Waals surface area contributed by atoms with Crippen molar-refractivity contribution in [1.82, 2.24) is 11.1 Å². The van der Waals surface area contributed by atoms with Crippen molar-refractivity contribution < 1.29 is 0 Å². The van der Waals surface area contributed by atoms with E-state index in [2.05, 4.69) is 59.5 Å². The largest absolute Gasteiger partial charge is 0.344 e. The Morgan fingerprint density at radius 2 is 1.44 bits per heavy atom. The van der Waals surface area contributed by atoms with Gasteiger partial charge in [-0.1, -0.05) is 41.5 Å². The van der Waals surface area contributed by atoms with Crippen molar-refractivity contribution in [3.63, 3.8) is 0 Å². The van der Waals surface area contributed by atoms with Crippen LogP contribution in [0, 0.1) is 6.92 Å². The van der Waals surface area contributed by atoms with E-state index in [1.54, 1.807) is 0 Å². The minimum atomic E-state index is 0. The predicted molar refractivity (Wildman–Crippen MR) is 71.4 cm³/mol. The van der Waals surface area contributed by atoms with E-state index >= 15 is 0 Å². The summed E-state index contributed by atoms with van der Waals surface area (Å²) in [6, 6.07) is 2.16. The van der Waals surface area contributed by atoms with Gasteiger partial charge >= 0.3 is 0 Å². The van der Waals surface area contributed by atoms with Crippen molar-refractivity contribution in [2.45, 2.75) is 59.3 Å². The number of hydrogen-bond acceptors (Lipinski definition) is 2. The summed E-state index contributed by atoms with van der Waals surface area (Å²) in [5, 5.41) is 0. The number of pyridine rings is 1. The van der Waals surface area contributed by atoms with Gasteiger partial charge in [0.05, 0.1) is 0 Å². The fraction of sp³-hybridized carbons (Fsp3) is 0.643. The van der Waals surface area contributed by atoms with Crippen LogP contribution in [0.15, 0.2) is 12.3 Å². The van der Waals surface area contributed by atoms with Gasteiger partial charge in [0.1, 0.15) is 0 Å². The van der Waals surface area contributed by atoms with Gasteiger partial charge in [0.15, 0.2) is 0 Å². The van der Waals surface area contributed by atoms with E-state index in [1.165, 1.54) is 11.1 Å². The predicted octanol–water partition coefficient (Wildman–Crippen LogP) is 4.15. The number of nitrogens with zero attached hydrogens (tertiary/aromatic N) is 1. The highest BCUT2D eigenvalue weighted by Crippen LogP contribution is 2.34. The Morgan fingerprint density at radius 1 is 0.938 bits per heavy atom. The standard InChI is InChI=1S/C14H23N.H3N/c1-10-12(14(5,6)7)11(8-9-15-10)13(2,3)4;/h8-9H,1-7H3;1H3. The normalized spacial score (nSPS) is 12.2. The average molecular weight is 222 g/mol. The first-order valence-corrected chi connectivity index (χ1v) is 5.60. The van der Waals surface area contributed by atoms with Crippen LogP contribution in [0.4, 0.5) is 0 Å². The van der Waals surface area contributed by atoms with Crippen molar-refractivity contribution >= 4 is 0 Å². The topological polar surface area (TPSA) is 47.9 Å². The van der Waals surface area contributed by atoms with Crippen LogP contribution >= 0.6 is 0 Å². The summed E-state index contributed by atoms with van der Waals surface area (Å²) < 4.78 is 0. The summed E-state index contributed by atoms with van der Waals surface area (Å²) in [7, 11) is 0. The van der Waals surface area contributed by atoms with Gasteiger partial charge in [-0.2, -0.15) is 0 Å². The maximum Gasteiger partial charge on any atom is 0.0412 e. The molecule has 92 valence electrons. The van der Waals surface area contributed by atoms with Crippen LogP contribution in [0.2, 0.25) is 0 Å². The summed E-state index contributed by atoms with van der Waals surface area (Å²) in [6.45, 7) is 15.7. The first-order chi connectivity index (χ1) is 6.64. The zero-order chi connectivity index (χ0) is 11.9. The smallest absolute Gasteiger partial charge is 0.0412 e. The van der Waals surface area contributed by atoms with Crippen LogP contribution in [0.5, 0.6) is 0 Å². The molecule has 0 saturated carbocycles. The van der Waals surface area contributed by atoms with Gasteiger partial charge in [0.25, 0.3) is 0 Å². The molecule has 1 rings (SSSR count). The molecule has 1 heterocycles. The van der Waals surface area contributed by atoms with Crippen molar-refractivity contribution in [3.05, 3.63) is 29.1 Å². The molecule has 0 atom stereocenters. The highest BCUT2D eigenvalue weighted by atomic mass is 14.7. The molecule has 0 saturated heterocycles. The van der Waals surface area contributed by atoms with Gasteiger partial charge in [0, 0.05) is 11.9 Å². The summed E-state index contributed by atoms with van der Waals surface area (Å²) in [5.74, 6) is 0. The molecule has 0 aliphatic rings. The Labute approximate surface area is 100 Å². The molecule has 0 amide bonds. The van der Waals surface area contributed by atoms with Crippen molar-refractivity contribution in [3.8, 4) is 0 Å². The van der Waals surface area contributed by atoms with E-state index < -0.39 is 0 Å². The van der Waals surface area contributed by atoms with E-state index in [1.807, 2.05) is 6.20 Å². The quantitative estimate of drug-likeness (QED) is 0.717. The fourth-order valence-corrected chi connectivity index (χ4v) is 2.14. The maximum atomic E-state index is 4.42. The molecule has 1 aromatic rings. The molecule has 0 bridgehead atoms. The summed E-state index contributed by atoms with van der Waals surface area (Å²) >= 11 is 0. The van der Waals surface area contributed by atoms with Gasteiger partial charge in [0.2, 0.25) is 0 Å². The molecule has 1 aromatic heterocycles. The average Bonchev–Trinajstić information content (AvgIpc) is 1.99. The van der Waals surface area contributed by atoms with Crippen LogP contribution < -0.4 is 6.15 Å². The van der Waals surface area contributed by atoms with Crippen LogP contribution in [-0.4, -0.2) is 4.98 Å². The molecule has 2 heteroatoms. The third kappa shape index (κ3) is 3.05. The lowest BCUT2D eigenvalue weighted by molar-refractivity contribution is 0.523. The second-order valence-electron chi connectivity index (χ2n) is 6.32. The molecular formula is C14H26N2. The number of aromatic nitrogens is 1. The molecule has 0 radical (unpaired) electrons. The number of rotatable bonds is 0. The van der Waals surface area contributed by atoms with Crippen molar-refractivity contribution in [2.24, 2.45) is 0 Å². The van der Waals surface area contributed by atoms with Crippen molar-refractivity contribution in [2.75, 3.05) is 0 Å². The monoisotopic (exact) mass is 222 g/mol. The lowest BCUT2D eigenvalue weighted by Crippen LogP contribution is -2.23. The fourth-order valence-electron chi connectivity index (χ4n) is 2.14. The molecule has 0 spiro atoms. The third-order valence-corrected chi connectivity index (χ3v) is 2.70. The first-order valence-electron chi connectivity index (χ1n) is 5.60. The summed E-state index contributed by atoms with van der Waals surface area (Å²) in [6.07, 6.45) is 1.92. The molecule has 16 heavy (non-hydrogen) atoms. The van der Waals surface area contributed by atoms with Crippen molar-refractivity contribution in [1.29, 1.82) is 0 Å². The van der Waals surface area contributed by atoms with Gasteiger partial charge < -0.3 is 6.15 Å². The number of aryl methyl sites for hydroxylation is 1. The zero-order valence-electron chi connectivity index (χ0n) is 11.8. The van der Waals surface area contributed by atoms with Crippen LogP contribution in [-0.2, 0) is 10.8 Å². The lowest BCUT2D eigenvalue weighted by Gasteiger charge is -2.30. The highest BCUT2D eigenvalue weighted by Gasteiger charge is 2.26. The molecule has 0 unspecified atom stereocenters. The SMILES string of the molecule is Cc1nccc(C(C)(C)C)c1C(C)(C)C.N. The Hall–Kier alpha value is -0.890. The van der Waals surface area contributed by atoms with Crippen LogP contribution in [0.25, 0.3) is 0 Å². The molecule has 0 aromatic carbocycles. The molecule has 2 nitrogen and oxygen atoms in total. The molecule has 0 aliphatic carbocycles. The van der Waals surface area contributed by atoms with Gasteiger partial charge in [-0.15, -0.1) is 0 Å². The summed E-state index contributed by atoms with van der Waals surface area (Å²) in [5.41, 5.74) is 4.34. The van der Waals surface area contributed by atoms with Gasteiger partial charge in [-0.05, 0) is 34.9 Å². The Kier molecular flexibility index (Phi) is 4.29. The minimum absolute atomic E-state index is 0.